The zero-order valence-corrected chi connectivity index (χ0v) is 26.9. The molecular weight excluding hydrogens is 752 g/mol. The maximum atomic E-state index is 11.8. The van der Waals surface area contributed by atoms with Gasteiger partial charge >= 0.3 is 31.1 Å². The monoisotopic (exact) mass is 779 g/mol. The molecule has 1 aliphatic heterocycles. The van der Waals surface area contributed by atoms with Gasteiger partial charge in [0.15, 0.2) is 11.5 Å². The summed E-state index contributed by atoms with van der Waals surface area (Å²) < 4.78 is 13.3. The number of hydrogen-bond donors (Lipinski definition) is 1. The Bertz CT molecular complexity index is 1480. The van der Waals surface area contributed by atoms with Crippen molar-refractivity contribution < 1.29 is 45.4 Å². The van der Waals surface area contributed by atoms with Gasteiger partial charge in [0.25, 0.3) is 0 Å². The Labute approximate surface area is 262 Å². The van der Waals surface area contributed by atoms with E-state index in [9.17, 15) is 4.79 Å². The quantitative estimate of drug-likeness (QED) is 0.169. The predicted octanol–water partition coefficient (Wildman–Crippen LogP) is 5.39. The molecule has 40 heavy (non-hydrogen) atoms. The fourth-order valence-corrected chi connectivity index (χ4v) is 4.95. The fourth-order valence-electron chi connectivity index (χ4n) is 4.78. The van der Waals surface area contributed by atoms with Gasteiger partial charge in [-0.15, -0.1) is 5.10 Å². The van der Waals surface area contributed by atoms with Gasteiger partial charge in [-0.2, -0.15) is 42.8 Å². The number of aromatic amines is 1. The van der Waals surface area contributed by atoms with E-state index in [4.69, 9.17) is 21.1 Å². The maximum absolute atomic E-state index is 11.8. The van der Waals surface area contributed by atoms with Crippen LogP contribution in [-0.4, -0.2) is 51.5 Å². The fraction of sp³-hybridized carbons (Fsp3) is 0.233. The molecule has 1 unspecified atom stereocenters. The van der Waals surface area contributed by atoms with Gasteiger partial charge in [0, 0.05) is 40.8 Å². The number of nitrogens with zero attached hydrogens (tertiary/aromatic N) is 4. The topological polar surface area (TPSA) is 85.3 Å². The van der Waals surface area contributed by atoms with Gasteiger partial charge in [-0.3, -0.25) is 4.68 Å². The average molecular weight is 780 g/mol. The van der Waals surface area contributed by atoms with E-state index in [0.717, 1.165) is 41.5 Å². The van der Waals surface area contributed by atoms with Crippen LogP contribution in [0.5, 0.6) is 11.5 Å². The number of aryl methyl sites for hydroxylation is 1. The number of benzene rings is 3. The van der Waals surface area contributed by atoms with Crippen molar-refractivity contribution in [2.45, 2.75) is 25.4 Å². The minimum atomic E-state index is -0.298. The van der Waals surface area contributed by atoms with E-state index in [1.807, 2.05) is 72.9 Å². The third-order valence-electron chi connectivity index (χ3n) is 6.58. The third-order valence-corrected chi connectivity index (χ3v) is 6.81. The summed E-state index contributed by atoms with van der Waals surface area (Å²) in [5, 5.41) is 9.53. The summed E-state index contributed by atoms with van der Waals surface area (Å²) in [6.45, 7) is 1.81. The molecule has 2 aromatic heterocycles. The van der Waals surface area contributed by atoms with Crippen molar-refractivity contribution in [3.05, 3.63) is 107 Å². The smallest absolute Gasteiger partial charge is 0.520 e. The molecule has 0 saturated carbocycles. The van der Waals surface area contributed by atoms with E-state index in [1.165, 1.54) is 5.56 Å². The van der Waals surface area contributed by atoms with Crippen LogP contribution >= 0.6 is 11.6 Å². The zero-order valence-electron chi connectivity index (χ0n) is 22.0. The first-order valence-electron chi connectivity index (χ1n) is 12.7. The molecule has 5 aromatic rings. The van der Waals surface area contributed by atoms with Gasteiger partial charge in [-0.1, -0.05) is 22.9 Å². The molecule has 1 N–H and O–H groups in total. The second-order valence-electron chi connectivity index (χ2n) is 9.00. The van der Waals surface area contributed by atoms with Crippen LogP contribution in [0.2, 0.25) is 5.02 Å². The number of amides is 1. The summed E-state index contributed by atoms with van der Waals surface area (Å²) in [5.41, 5.74) is 4.08. The minimum Gasteiger partial charge on any atom is -0.520 e. The van der Waals surface area contributed by atoms with Crippen LogP contribution in [0.15, 0.2) is 79.1 Å². The van der Waals surface area contributed by atoms with E-state index in [-0.39, 0.29) is 37.2 Å². The zero-order chi connectivity index (χ0) is 27.0. The van der Waals surface area contributed by atoms with Crippen molar-refractivity contribution in [3.63, 3.8) is 0 Å². The third kappa shape index (κ3) is 6.90. The maximum Gasteiger partial charge on any atom is 2.00 e. The van der Waals surface area contributed by atoms with Crippen LogP contribution in [0.1, 0.15) is 29.3 Å². The predicted molar refractivity (Wildman–Crippen MR) is 150 cm³/mol. The molecule has 0 spiro atoms. The Morgan fingerprint density at radius 2 is 2.00 bits per heavy atom. The number of fused-ring (bicyclic) bond motifs is 3. The number of ether oxygens (including phenoxy) is 2. The van der Waals surface area contributed by atoms with Gasteiger partial charge in [0.05, 0.1) is 26.0 Å². The summed E-state index contributed by atoms with van der Waals surface area (Å²) in [6.07, 6.45) is 7.11. The molecule has 3 aromatic carbocycles. The SMILES string of the molecule is COc1cc(C2c3[nH]c4ccc(Cl)cc4c3CCN2[C-]=O)ccc1OCCCn1ccnn1.[U+2].[c-]1ccccc1. The van der Waals surface area contributed by atoms with Crippen molar-refractivity contribution in [3.8, 4) is 11.5 Å². The summed E-state index contributed by atoms with van der Waals surface area (Å²) in [7, 11) is 1.61. The Hall–Kier alpha value is -3.25. The number of rotatable bonds is 8. The van der Waals surface area contributed by atoms with Crippen LogP contribution < -0.4 is 9.47 Å². The molecule has 0 bridgehead atoms. The van der Waals surface area contributed by atoms with Crippen LogP contribution in [0.4, 0.5) is 0 Å². The van der Waals surface area contributed by atoms with Gasteiger partial charge in [0.1, 0.15) is 0 Å². The molecule has 0 aliphatic carbocycles. The normalized spacial score (nSPS) is 13.9. The van der Waals surface area contributed by atoms with Gasteiger partial charge in [0.2, 0.25) is 0 Å². The van der Waals surface area contributed by atoms with Crippen LogP contribution in [-0.2, 0) is 17.8 Å². The number of H-pyrrole nitrogens is 1. The van der Waals surface area contributed by atoms with Crippen LogP contribution in [0.25, 0.3) is 10.9 Å². The van der Waals surface area contributed by atoms with E-state index < -0.39 is 0 Å². The van der Waals surface area contributed by atoms with Crippen LogP contribution in [0, 0.1) is 37.2 Å². The first-order valence-corrected chi connectivity index (χ1v) is 13.1. The molecule has 0 fully saturated rings. The average Bonchev–Trinajstić information content (AvgIpc) is 3.64. The molecule has 1 aliphatic rings. The molecule has 6 rings (SSSR count). The number of hydrogen-bond acceptors (Lipinski definition) is 5. The van der Waals surface area contributed by atoms with Crippen molar-refractivity contribution in [2.75, 3.05) is 20.3 Å². The van der Waals surface area contributed by atoms with Gasteiger partial charge in [-0.05, 0) is 54.4 Å². The molecular formula is C30H28ClN5O3U. The van der Waals surface area contributed by atoms with E-state index in [2.05, 4.69) is 27.8 Å². The Balaban J connectivity index is 0.000000470. The molecule has 3 heterocycles. The molecule has 0 radical (unpaired) electrons. The Morgan fingerprint density at radius 1 is 1.15 bits per heavy atom. The molecule has 1 atom stereocenters. The molecule has 1 amide bonds. The van der Waals surface area contributed by atoms with Crippen LogP contribution in [0.3, 0.4) is 0 Å². The summed E-state index contributed by atoms with van der Waals surface area (Å²) in [6, 6.07) is 23.8. The molecule has 10 heteroatoms. The first-order chi connectivity index (χ1) is 19.2. The number of aromatic nitrogens is 4. The van der Waals surface area contributed by atoms with Gasteiger partial charge < -0.3 is 24.2 Å². The summed E-state index contributed by atoms with van der Waals surface area (Å²) >= 11 is 6.24. The minimum absolute atomic E-state index is 0. The molecule has 202 valence electrons. The standard InChI is InChI=1S/C24H23ClN5O3.C6H5.U/c1-32-22-13-16(3-6-21(22)33-12-2-9-30-11-8-26-28-30)24-23-18(7-10-29(24)15-31)19-14-17(25)4-5-20(19)27-23;1-2-4-6-5-3-1;/h3-6,8,11,13-14,24,27H,2,7,9-10,12H2,1H3;1-5H;/q2*-1;+2. The largest absolute Gasteiger partial charge is 2.00 e. The number of nitrogens with one attached hydrogen (secondary N) is 1. The van der Waals surface area contributed by atoms with E-state index >= 15 is 0 Å². The van der Waals surface area contributed by atoms with Crippen molar-refractivity contribution in [1.82, 2.24) is 24.9 Å². The summed E-state index contributed by atoms with van der Waals surface area (Å²) in [4.78, 5) is 17.0. The Morgan fingerprint density at radius 3 is 2.67 bits per heavy atom. The number of carbonyl (C=O) groups excluding carboxylic acids is 1. The Kier molecular flexibility index (Phi) is 10.7. The molecule has 0 saturated heterocycles. The number of methoxy groups -OCH3 is 1. The second kappa shape index (κ2) is 14.4. The van der Waals surface area contributed by atoms with Crippen molar-refractivity contribution in [1.29, 1.82) is 0 Å². The summed E-state index contributed by atoms with van der Waals surface area (Å²) in [5.74, 6) is 1.27. The molecule has 8 nitrogen and oxygen atoms in total. The van der Waals surface area contributed by atoms with Gasteiger partial charge in [-0.25, -0.2) is 0 Å². The number of halogens is 1. The van der Waals surface area contributed by atoms with Crippen molar-refractivity contribution in [2.24, 2.45) is 0 Å². The first kappa shape index (κ1) is 29.7. The van der Waals surface area contributed by atoms with E-state index in [1.54, 1.807) is 22.9 Å². The second-order valence-corrected chi connectivity index (χ2v) is 9.44. The van der Waals surface area contributed by atoms with Crippen molar-refractivity contribution >= 4 is 28.9 Å². The van der Waals surface area contributed by atoms with E-state index in [0.29, 0.717) is 29.7 Å².